The third-order valence-corrected chi connectivity index (χ3v) is 5.04. The molecule has 21 heavy (non-hydrogen) atoms. The van der Waals surface area contributed by atoms with Gasteiger partial charge in [-0.2, -0.15) is 0 Å². The van der Waals surface area contributed by atoms with Gasteiger partial charge in [0.2, 0.25) is 0 Å². The molecule has 1 aliphatic heterocycles. The van der Waals surface area contributed by atoms with Crippen LogP contribution in [0.4, 0.5) is 0 Å². The maximum Gasteiger partial charge on any atom is 0.255 e. The topological polar surface area (TPSA) is 53.4 Å². The third-order valence-electron chi connectivity index (χ3n) is 5.04. The van der Waals surface area contributed by atoms with Crippen LogP contribution in [-0.4, -0.2) is 39.6 Å². The molecule has 1 saturated heterocycles. The Hall–Kier alpha value is -1.42. The quantitative estimate of drug-likeness (QED) is 0.909. The number of aliphatic hydroxyl groups excluding tert-OH is 1. The molecule has 3 unspecified atom stereocenters. The van der Waals surface area contributed by atoms with Gasteiger partial charge in [0.15, 0.2) is 0 Å². The summed E-state index contributed by atoms with van der Waals surface area (Å²) >= 11 is 0. The fourth-order valence-electron chi connectivity index (χ4n) is 3.98. The standard InChI is InChI=1S/C17H24N2O2/c1-11-8-9-13(12(2)18-11)17(21)19-10-4-6-15(19)14-5-3-7-16(14)20/h8-9,14-16,20H,3-7,10H2,1-2H3. The summed E-state index contributed by atoms with van der Waals surface area (Å²) in [6.45, 7) is 4.64. The maximum atomic E-state index is 12.9. The second kappa shape index (κ2) is 5.76. The van der Waals surface area contributed by atoms with Crippen molar-refractivity contribution < 1.29 is 9.90 Å². The summed E-state index contributed by atoms with van der Waals surface area (Å²) in [7, 11) is 0. The lowest BCUT2D eigenvalue weighted by Crippen LogP contribution is -2.42. The van der Waals surface area contributed by atoms with Crippen molar-refractivity contribution in [1.82, 2.24) is 9.88 Å². The zero-order valence-electron chi connectivity index (χ0n) is 12.9. The minimum Gasteiger partial charge on any atom is -0.393 e. The van der Waals surface area contributed by atoms with Gasteiger partial charge < -0.3 is 10.0 Å². The van der Waals surface area contributed by atoms with Crippen molar-refractivity contribution in [2.45, 2.75) is 58.1 Å². The van der Waals surface area contributed by atoms with Crippen LogP contribution in [0.25, 0.3) is 0 Å². The van der Waals surface area contributed by atoms with E-state index < -0.39 is 0 Å². The second-order valence-corrected chi connectivity index (χ2v) is 6.46. The SMILES string of the molecule is Cc1ccc(C(=O)N2CCCC2C2CCCC2O)c(C)n1. The summed E-state index contributed by atoms with van der Waals surface area (Å²) in [5.74, 6) is 0.344. The van der Waals surface area contributed by atoms with Gasteiger partial charge in [0, 0.05) is 24.2 Å². The average Bonchev–Trinajstić information content (AvgIpc) is 3.06. The van der Waals surface area contributed by atoms with Crippen LogP contribution in [0.1, 0.15) is 53.8 Å². The molecule has 3 rings (SSSR count). The summed E-state index contributed by atoms with van der Waals surface area (Å²) in [6.07, 6.45) is 4.83. The van der Waals surface area contributed by atoms with Gasteiger partial charge in [0.1, 0.15) is 0 Å². The number of likely N-dealkylation sites (tertiary alicyclic amines) is 1. The van der Waals surface area contributed by atoms with Crippen molar-refractivity contribution in [3.8, 4) is 0 Å². The van der Waals surface area contributed by atoms with Crippen molar-refractivity contribution in [1.29, 1.82) is 0 Å². The number of rotatable bonds is 2. The van der Waals surface area contributed by atoms with Crippen molar-refractivity contribution in [3.05, 3.63) is 29.1 Å². The highest BCUT2D eigenvalue weighted by Crippen LogP contribution is 2.36. The van der Waals surface area contributed by atoms with E-state index in [0.717, 1.165) is 50.0 Å². The van der Waals surface area contributed by atoms with E-state index in [9.17, 15) is 9.90 Å². The molecular formula is C17H24N2O2. The van der Waals surface area contributed by atoms with Crippen LogP contribution >= 0.6 is 0 Å². The van der Waals surface area contributed by atoms with Crippen molar-refractivity contribution in [3.63, 3.8) is 0 Å². The Balaban J connectivity index is 1.82. The van der Waals surface area contributed by atoms with E-state index in [1.807, 2.05) is 30.9 Å². The lowest BCUT2D eigenvalue weighted by molar-refractivity contribution is 0.0527. The minimum absolute atomic E-state index is 0.0848. The first-order valence-electron chi connectivity index (χ1n) is 8.01. The first-order chi connectivity index (χ1) is 10.1. The van der Waals surface area contributed by atoms with Gasteiger partial charge in [0.25, 0.3) is 5.91 Å². The molecule has 2 aliphatic rings. The number of aromatic nitrogens is 1. The number of carbonyl (C=O) groups excluding carboxylic acids is 1. The maximum absolute atomic E-state index is 12.9. The van der Waals surface area contributed by atoms with Crippen molar-refractivity contribution in [2.75, 3.05) is 6.54 Å². The number of amides is 1. The number of aryl methyl sites for hydroxylation is 2. The van der Waals surface area contributed by atoms with Gasteiger partial charge in [-0.25, -0.2) is 0 Å². The van der Waals surface area contributed by atoms with Crippen LogP contribution in [0, 0.1) is 19.8 Å². The van der Waals surface area contributed by atoms with Gasteiger partial charge in [0.05, 0.1) is 17.4 Å². The predicted molar refractivity (Wildman–Crippen MR) is 81.1 cm³/mol. The minimum atomic E-state index is -0.236. The average molecular weight is 288 g/mol. The molecule has 4 nitrogen and oxygen atoms in total. The van der Waals surface area contributed by atoms with E-state index in [1.54, 1.807) is 0 Å². The largest absolute Gasteiger partial charge is 0.393 e. The summed E-state index contributed by atoms with van der Waals surface area (Å²) in [6, 6.07) is 3.99. The molecule has 2 heterocycles. The lowest BCUT2D eigenvalue weighted by Gasteiger charge is -2.31. The van der Waals surface area contributed by atoms with Crippen LogP contribution in [0.3, 0.4) is 0 Å². The highest BCUT2D eigenvalue weighted by molar-refractivity contribution is 5.95. The van der Waals surface area contributed by atoms with E-state index in [-0.39, 0.29) is 24.0 Å². The predicted octanol–water partition coefficient (Wildman–Crippen LogP) is 2.46. The molecule has 0 aromatic carbocycles. The number of pyridine rings is 1. The number of nitrogens with zero attached hydrogens (tertiary/aromatic N) is 2. The molecule has 3 atom stereocenters. The summed E-state index contributed by atoms with van der Waals surface area (Å²) in [4.78, 5) is 19.2. The smallest absolute Gasteiger partial charge is 0.255 e. The van der Waals surface area contributed by atoms with E-state index in [0.29, 0.717) is 5.56 Å². The molecule has 1 aromatic rings. The van der Waals surface area contributed by atoms with Gasteiger partial charge >= 0.3 is 0 Å². The Labute approximate surface area is 126 Å². The summed E-state index contributed by atoms with van der Waals surface area (Å²) < 4.78 is 0. The lowest BCUT2D eigenvalue weighted by atomic mass is 9.93. The number of aliphatic hydroxyl groups is 1. The molecule has 0 spiro atoms. The van der Waals surface area contributed by atoms with Gasteiger partial charge in [-0.3, -0.25) is 9.78 Å². The van der Waals surface area contributed by atoms with Gasteiger partial charge in [-0.1, -0.05) is 6.42 Å². The molecule has 0 bridgehead atoms. The fraction of sp³-hybridized carbons (Fsp3) is 0.647. The van der Waals surface area contributed by atoms with Crippen molar-refractivity contribution in [2.24, 2.45) is 5.92 Å². The fourth-order valence-corrected chi connectivity index (χ4v) is 3.98. The number of hydrogen-bond acceptors (Lipinski definition) is 3. The van der Waals surface area contributed by atoms with Gasteiger partial charge in [-0.05, 0) is 51.7 Å². The number of hydrogen-bond donors (Lipinski definition) is 1. The van der Waals surface area contributed by atoms with Crippen LogP contribution < -0.4 is 0 Å². The Morgan fingerprint density at radius 3 is 2.71 bits per heavy atom. The third kappa shape index (κ3) is 2.69. The van der Waals surface area contributed by atoms with Crippen LogP contribution in [0.5, 0.6) is 0 Å². The zero-order chi connectivity index (χ0) is 15.0. The first-order valence-corrected chi connectivity index (χ1v) is 8.01. The van der Waals surface area contributed by atoms with Crippen LogP contribution in [-0.2, 0) is 0 Å². The monoisotopic (exact) mass is 288 g/mol. The molecule has 4 heteroatoms. The molecule has 114 valence electrons. The van der Waals surface area contributed by atoms with E-state index in [2.05, 4.69) is 4.98 Å². The summed E-state index contributed by atoms with van der Waals surface area (Å²) in [5, 5.41) is 10.2. The van der Waals surface area contributed by atoms with E-state index >= 15 is 0 Å². The number of carbonyl (C=O) groups is 1. The molecule has 1 amide bonds. The zero-order valence-corrected chi connectivity index (χ0v) is 12.9. The van der Waals surface area contributed by atoms with Crippen molar-refractivity contribution >= 4 is 5.91 Å². The Morgan fingerprint density at radius 1 is 1.24 bits per heavy atom. The van der Waals surface area contributed by atoms with Crippen LogP contribution in [0.15, 0.2) is 12.1 Å². The Morgan fingerprint density at radius 2 is 2.05 bits per heavy atom. The van der Waals surface area contributed by atoms with E-state index in [4.69, 9.17) is 0 Å². The Bertz CT molecular complexity index is 544. The Kier molecular flexibility index (Phi) is 3.98. The van der Waals surface area contributed by atoms with E-state index in [1.165, 1.54) is 0 Å². The highest BCUT2D eigenvalue weighted by atomic mass is 16.3. The molecule has 2 fully saturated rings. The molecule has 0 radical (unpaired) electrons. The molecule has 1 aromatic heterocycles. The first kappa shape index (κ1) is 14.5. The highest BCUT2D eigenvalue weighted by Gasteiger charge is 2.40. The molecular weight excluding hydrogens is 264 g/mol. The normalized spacial score (nSPS) is 29.1. The molecule has 1 N–H and O–H groups in total. The molecule has 1 saturated carbocycles. The summed E-state index contributed by atoms with van der Waals surface area (Å²) in [5.41, 5.74) is 2.45. The van der Waals surface area contributed by atoms with Crippen LogP contribution in [0.2, 0.25) is 0 Å². The van der Waals surface area contributed by atoms with Gasteiger partial charge in [-0.15, -0.1) is 0 Å². The second-order valence-electron chi connectivity index (χ2n) is 6.46. The molecule has 1 aliphatic carbocycles.